The van der Waals surface area contributed by atoms with E-state index in [0.29, 0.717) is 19.6 Å². The molecule has 0 saturated carbocycles. The van der Waals surface area contributed by atoms with E-state index >= 15 is 0 Å². The predicted molar refractivity (Wildman–Crippen MR) is 159 cm³/mol. The third kappa shape index (κ3) is 29.3. The van der Waals surface area contributed by atoms with Crippen molar-refractivity contribution < 1.29 is 19.4 Å². The van der Waals surface area contributed by atoms with E-state index in [1.165, 1.54) is 109 Å². The molecule has 0 rings (SSSR count). The Hall–Kier alpha value is -1.13. The topological polar surface area (TPSA) is 55.8 Å². The fraction of sp³-hybridized carbons (Fsp3) is 0.848. The van der Waals surface area contributed by atoms with Gasteiger partial charge in [-0.05, 0) is 44.9 Å². The van der Waals surface area contributed by atoms with E-state index in [9.17, 15) is 9.90 Å². The molecule has 0 bridgehead atoms. The molecule has 218 valence electrons. The number of hydrogen-bond donors (Lipinski definition) is 1. The normalized spacial score (nSPS) is 12.6. The second kappa shape index (κ2) is 31.1. The molecule has 0 heterocycles. The number of ether oxygens (including phenoxy) is 2. The Bertz CT molecular complexity index is 514. The Kier molecular flexibility index (Phi) is 30.1. The van der Waals surface area contributed by atoms with Gasteiger partial charge in [-0.25, -0.2) is 0 Å². The summed E-state index contributed by atoms with van der Waals surface area (Å²) in [5, 5.41) is 9.45. The minimum atomic E-state index is -0.528. The van der Waals surface area contributed by atoms with Crippen LogP contribution in [0, 0.1) is 0 Å². The van der Waals surface area contributed by atoms with E-state index in [1.54, 1.807) is 0 Å². The Morgan fingerprint density at radius 2 is 1.14 bits per heavy atom. The minimum Gasteiger partial charge on any atom is -0.457 e. The van der Waals surface area contributed by atoms with Gasteiger partial charge >= 0.3 is 5.97 Å². The molecule has 0 aromatic rings. The van der Waals surface area contributed by atoms with E-state index < -0.39 is 6.10 Å². The summed E-state index contributed by atoms with van der Waals surface area (Å²) in [5.41, 5.74) is 0. The Labute approximate surface area is 230 Å². The number of hydrogen-bond acceptors (Lipinski definition) is 4. The van der Waals surface area contributed by atoms with Crippen LogP contribution >= 0.6 is 0 Å². The summed E-state index contributed by atoms with van der Waals surface area (Å²) < 4.78 is 11.0. The van der Waals surface area contributed by atoms with Crippen molar-refractivity contribution in [1.82, 2.24) is 0 Å². The smallest absolute Gasteiger partial charge is 0.306 e. The van der Waals surface area contributed by atoms with Gasteiger partial charge in [0.25, 0.3) is 0 Å². The van der Waals surface area contributed by atoms with Crippen LogP contribution in [-0.4, -0.2) is 37.0 Å². The zero-order valence-electron chi connectivity index (χ0n) is 24.7. The highest BCUT2D eigenvalue weighted by Crippen LogP contribution is 2.11. The monoisotopic (exact) mass is 522 g/mol. The molecule has 0 aliphatic heterocycles. The maximum atomic E-state index is 11.9. The minimum absolute atomic E-state index is 0.172. The van der Waals surface area contributed by atoms with E-state index in [1.807, 2.05) is 0 Å². The highest BCUT2D eigenvalue weighted by Gasteiger charge is 2.13. The van der Waals surface area contributed by atoms with Crippen LogP contribution in [-0.2, 0) is 14.3 Å². The number of esters is 1. The Morgan fingerprint density at radius 1 is 0.649 bits per heavy atom. The van der Waals surface area contributed by atoms with Gasteiger partial charge in [0.05, 0.1) is 13.2 Å². The predicted octanol–water partition coefficient (Wildman–Crippen LogP) is 9.64. The lowest BCUT2D eigenvalue weighted by atomic mass is 10.1. The molecule has 0 aromatic heterocycles. The van der Waals surface area contributed by atoms with E-state index in [2.05, 4.69) is 38.2 Å². The largest absolute Gasteiger partial charge is 0.457 e. The molecule has 37 heavy (non-hydrogen) atoms. The Balaban J connectivity index is 3.40. The average molecular weight is 523 g/mol. The van der Waals surface area contributed by atoms with Crippen LogP contribution in [0.5, 0.6) is 0 Å². The molecule has 0 amide bonds. The summed E-state index contributed by atoms with van der Waals surface area (Å²) in [7, 11) is 0. The summed E-state index contributed by atoms with van der Waals surface area (Å²) in [6.07, 6.45) is 35.1. The second-order valence-corrected chi connectivity index (χ2v) is 10.5. The van der Waals surface area contributed by atoms with Gasteiger partial charge in [0.1, 0.15) is 6.10 Å². The van der Waals surface area contributed by atoms with Crippen molar-refractivity contribution in [3.05, 3.63) is 24.3 Å². The third-order valence-electron chi connectivity index (χ3n) is 6.78. The molecule has 1 atom stereocenters. The van der Waals surface area contributed by atoms with Crippen molar-refractivity contribution in [3.63, 3.8) is 0 Å². The van der Waals surface area contributed by atoms with Crippen LogP contribution in [0.4, 0.5) is 0 Å². The summed E-state index contributed by atoms with van der Waals surface area (Å²) in [5.74, 6) is -0.213. The summed E-state index contributed by atoms with van der Waals surface area (Å²) in [4.78, 5) is 11.9. The van der Waals surface area contributed by atoms with E-state index in [-0.39, 0.29) is 12.6 Å². The molecule has 0 aliphatic rings. The molecular weight excluding hydrogens is 460 g/mol. The molecular formula is C33H62O4. The van der Waals surface area contributed by atoms with Gasteiger partial charge in [0.2, 0.25) is 0 Å². The Morgan fingerprint density at radius 3 is 1.70 bits per heavy atom. The first-order chi connectivity index (χ1) is 18.2. The van der Waals surface area contributed by atoms with Gasteiger partial charge in [-0.2, -0.15) is 0 Å². The molecule has 0 spiro atoms. The molecule has 1 N–H and O–H groups in total. The van der Waals surface area contributed by atoms with Crippen molar-refractivity contribution >= 4 is 5.97 Å². The molecule has 0 aliphatic carbocycles. The number of allylic oxidation sites excluding steroid dienone is 4. The molecule has 0 aromatic carbocycles. The maximum Gasteiger partial charge on any atom is 0.306 e. The highest BCUT2D eigenvalue weighted by molar-refractivity contribution is 5.69. The standard InChI is InChI=1S/C33H62O4/c1-3-5-7-9-11-12-13-14-15-16-17-18-19-20-21-22-23-25-27-29-36-31-32(30-34)37-33(35)28-26-24-10-8-6-4-2/h12-13,15-16,32,34H,3-11,14,17-31H2,1-2H3/b13-12-,16-15-. The van der Waals surface area contributed by atoms with Gasteiger partial charge in [-0.15, -0.1) is 0 Å². The third-order valence-corrected chi connectivity index (χ3v) is 6.78. The zero-order valence-corrected chi connectivity index (χ0v) is 24.7. The van der Waals surface area contributed by atoms with Crippen LogP contribution in [0.2, 0.25) is 0 Å². The number of carbonyl (C=O) groups excluding carboxylic acids is 1. The summed E-state index contributed by atoms with van der Waals surface area (Å²) >= 11 is 0. The number of unbranched alkanes of at least 4 members (excludes halogenated alkanes) is 17. The van der Waals surface area contributed by atoms with Crippen molar-refractivity contribution in [2.75, 3.05) is 19.8 Å². The molecule has 4 heteroatoms. The fourth-order valence-electron chi connectivity index (χ4n) is 4.36. The van der Waals surface area contributed by atoms with Crippen molar-refractivity contribution in [3.8, 4) is 0 Å². The number of aliphatic hydroxyl groups is 1. The first kappa shape index (κ1) is 35.9. The van der Waals surface area contributed by atoms with Crippen molar-refractivity contribution in [2.24, 2.45) is 0 Å². The molecule has 0 saturated heterocycles. The SMILES string of the molecule is CCCCCC/C=C\C/C=C\CCCCCCCCCCOCC(CO)OC(=O)CCCCCCCC. The van der Waals surface area contributed by atoms with Crippen LogP contribution in [0.15, 0.2) is 24.3 Å². The highest BCUT2D eigenvalue weighted by atomic mass is 16.6. The van der Waals surface area contributed by atoms with Gasteiger partial charge in [-0.1, -0.05) is 128 Å². The van der Waals surface area contributed by atoms with Crippen LogP contribution in [0.25, 0.3) is 0 Å². The lowest BCUT2D eigenvalue weighted by Crippen LogP contribution is -2.27. The zero-order chi connectivity index (χ0) is 27.1. The van der Waals surface area contributed by atoms with Crippen LogP contribution in [0.3, 0.4) is 0 Å². The van der Waals surface area contributed by atoms with Gasteiger partial charge < -0.3 is 14.6 Å². The molecule has 1 unspecified atom stereocenters. The lowest BCUT2D eigenvalue weighted by molar-refractivity contribution is -0.154. The van der Waals surface area contributed by atoms with Gasteiger partial charge in [-0.3, -0.25) is 4.79 Å². The van der Waals surface area contributed by atoms with Crippen molar-refractivity contribution in [1.29, 1.82) is 0 Å². The molecule has 0 radical (unpaired) electrons. The first-order valence-electron chi connectivity index (χ1n) is 15.9. The van der Waals surface area contributed by atoms with Crippen molar-refractivity contribution in [2.45, 2.75) is 161 Å². The lowest BCUT2D eigenvalue weighted by Gasteiger charge is -2.15. The van der Waals surface area contributed by atoms with Crippen LogP contribution < -0.4 is 0 Å². The van der Waals surface area contributed by atoms with E-state index in [0.717, 1.165) is 25.7 Å². The quantitative estimate of drug-likeness (QED) is 0.0603. The first-order valence-corrected chi connectivity index (χ1v) is 15.9. The van der Waals surface area contributed by atoms with E-state index in [4.69, 9.17) is 9.47 Å². The maximum absolute atomic E-state index is 11.9. The summed E-state index contributed by atoms with van der Waals surface area (Å²) in [6.45, 7) is 5.26. The fourth-order valence-corrected chi connectivity index (χ4v) is 4.36. The number of rotatable bonds is 29. The number of carbonyl (C=O) groups is 1. The second-order valence-electron chi connectivity index (χ2n) is 10.5. The average Bonchev–Trinajstić information content (AvgIpc) is 2.90. The number of aliphatic hydroxyl groups excluding tert-OH is 1. The molecule has 4 nitrogen and oxygen atoms in total. The van der Waals surface area contributed by atoms with Gasteiger partial charge in [0, 0.05) is 13.0 Å². The van der Waals surface area contributed by atoms with Crippen LogP contribution in [0.1, 0.15) is 155 Å². The molecule has 0 fully saturated rings. The van der Waals surface area contributed by atoms with Gasteiger partial charge in [0.15, 0.2) is 0 Å². The summed E-state index contributed by atoms with van der Waals surface area (Å²) in [6, 6.07) is 0.